The highest BCUT2D eigenvalue weighted by molar-refractivity contribution is 14.1. The maximum Gasteiger partial charge on any atom is 0.258 e. The van der Waals surface area contributed by atoms with Crippen molar-refractivity contribution in [2.75, 3.05) is 5.32 Å². The molecule has 0 spiro atoms. The molecule has 0 saturated heterocycles. The summed E-state index contributed by atoms with van der Waals surface area (Å²) in [6.45, 7) is 0. The molecule has 30 heavy (non-hydrogen) atoms. The normalized spacial score (nSPS) is 10.8. The van der Waals surface area contributed by atoms with E-state index in [1.54, 1.807) is 30.3 Å². The Morgan fingerprint density at radius 1 is 1.07 bits per heavy atom. The predicted molar refractivity (Wildman–Crippen MR) is 132 cm³/mol. The number of benzene rings is 3. The number of thiocarbonyl (C=S) groups is 1. The van der Waals surface area contributed by atoms with Gasteiger partial charge in [0.25, 0.3) is 5.91 Å². The highest BCUT2D eigenvalue weighted by atomic mass is 127. The monoisotopic (exact) mass is 567 g/mol. The molecule has 5 nitrogen and oxygen atoms in total. The maximum absolute atomic E-state index is 12.4. The average molecular weight is 568 g/mol. The quantitative estimate of drug-likeness (QED) is 0.217. The molecule has 3 aromatic carbocycles. The first kappa shape index (κ1) is 21.0. The molecule has 0 atom stereocenters. The minimum Gasteiger partial charge on any atom is -0.436 e. The number of hydrogen-bond acceptors (Lipinski definition) is 4. The van der Waals surface area contributed by atoms with Gasteiger partial charge in [0.1, 0.15) is 5.52 Å². The van der Waals surface area contributed by atoms with Crippen molar-refractivity contribution in [1.29, 1.82) is 0 Å². The van der Waals surface area contributed by atoms with Gasteiger partial charge in [0.2, 0.25) is 5.89 Å². The molecule has 0 bridgehead atoms. The number of oxazole rings is 1. The lowest BCUT2D eigenvalue weighted by atomic mass is 10.2. The fourth-order valence-electron chi connectivity index (χ4n) is 2.75. The van der Waals surface area contributed by atoms with Crippen LogP contribution in [0.15, 0.2) is 65.1 Å². The second-order valence-corrected chi connectivity index (χ2v) is 8.74. The van der Waals surface area contributed by atoms with Gasteiger partial charge in [-0.15, -0.1) is 0 Å². The molecule has 0 saturated carbocycles. The zero-order valence-electron chi connectivity index (χ0n) is 15.1. The van der Waals surface area contributed by atoms with Gasteiger partial charge in [-0.1, -0.05) is 29.3 Å². The fraction of sp³-hybridized carbons (Fsp3) is 0. The van der Waals surface area contributed by atoms with Crippen LogP contribution in [0.25, 0.3) is 22.6 Å². The number of carbonyl (C=O) groups excluding carboxylic acids is 1. The molecule has 0 aliphatic heterocycles. The number of nitrogens with zero attached hydrogens (tertiary/aromatic N) is 1. The van der Waals surface area contributed by atoms with Crippen molar-refractivity contribution in [2.45, 2.75) is 0 Å². The van der Waals surface area contributed by atoms with Crippen LogP contribution in [0.5, 0.6) is 0 Å². The van der Waals surface area contributed by atoms with Gasteiger partial charge in [-0.2, -0.15) is 0 Å². The van der Waals surface area contributed by atoms with Gasteiger partial charge < -0.3 is 9.73 Å². The molecule has 0 aliphatic rings. The van der Waals surface area contributed by atoms with Crippen molar-refractivity contribution in [2.24, 2.45) is 0 Å². The van der Waals surface area contributed by atoms with E-state index in [4.69, 9.17) is 39.8 Å². The summed E-state index contributed by atoms with van der Waals surface area (Å²) in [7, 11) is 0. The molecule has 1 aromatic heterocycles. The molecular weight excluding hydrogens is 556 g/mol. The Morgan fingerprint density at radius 2 is 1.90 bits per heavy atom. The number of halogens is 3. The molecule has 2 N–H and O–H groups in total. The first-order chi connectivity index (χ1) is 14.4. The van der Waals surface area contributed by atoms with E-state index in [1.165, 1.54) is 6.07 Å². The number of rotatable bonds is 3. The first-order valence-corrected chi connectivity index (χ1v) is 10.9. The van der Waals surface area contributed by atoms with Gasteiger partial charge in [0, 0.05) is 19.8 Å². The van der Waals surface area contributed by atoms with E-state index in [9.17, 15) is 4.79 Å². The Morgan fingerprint density at radius 3 is 2.70 bits per heavy atom. The van der Waals surface area contributed by atoms with Crippen molar-refractivity contribution in [3.05, 3.63) is 79.8 Å². The van der Waals surface area contributed by atoms with Crippen molar-refractivity contribution in [1.82, 2.24) is 10.3 Å². The van der Waals surface area contributed by atoms with Crippen molar-refractivity contribution < 1.29 is 9.21 Å². The maximum atomic E-state index is 12.4. The lowest BCUT2D eigenvalue weighted by Crippen LogP contribution is -2.34. The number of fused-ring (bicyclic) bond motifs is 1. The van der Waals surface area contributed by atoms with E-state index in [-0.39, 0.29) is 15.7 Å². The van der Waals surface area contributed by atoms with E-state index >= 15 is 0 Å². The summed E-state index contributed by atoms with van der Waals surface area (Å²) in [6.07, 6.45) is 0. The molecule has 0 aliphatic carbocycles. The van der Waals surface area contributed by atoms with E-state index < -0.39 is 5.91 Å². The molecule has 1 amide bonds. The molecule has 0 radical (unpaired) electrons. The number of carbonyl (C=O) groups is 1. The van der Waals surface area contributed by atoms with Crippen molar-refractivity contribution in [3.8, 4) is 11.5 Å². The van der Waals surface area contributed by atoms with Crippen LogP contribution in [0.1, 0.15) is 10.4 Å². The van der Waals surface area contributed by atoms with Gasteiger partial charge in [-0.05, 0) is 89.4 Å². The largest absolute Gasteiger partial charge is 0.436 e. The lowest BCUT2D eigenvalue weighted by molar-refractivity contribution is 0.0978. The smallest absolute Gasteiger partial charge is 0.258 e. The van der Waals surface area contributed by atoms with E-state index in [1.807, 2.05) is 24.3 Å². The lowest BCUT2D eigenvalue weighted by Gasteiger charge is -2.10. The van der Waals surface area contributed by atoms with Gasteiger partial charge in [0.05, 0.1) is 10.6 Å². The second-order valence-electron chi connectivity index (χ2n) is 6.24. The van der Waals surface area contributed by atoms with Crippen LogP contribution in [0, 0.1) is 3.57 Å². The Balaban J connectivity index is 1.50. The molecular formula is C21H12Cl2IN3O2S. The summed E-state index contributed by atoms with van der Waals surface area (Å²) in [6, 6.07) is 17.9. The number of hydrogen-bond donors (Lipinski definition) is 2. The minimum atomic E-state index is -0.455. The van der Waals surface area contributed by atoms with Crippen LogP contribution in [0.2, 0.25) is 10.0 Å². The van der Waals surface area contributed by atoms with Crippen molar-refractivity contribution in [3.63, 3.8) is 0 Å². The van der Waals surface area contributed by atoms with E-state index in [0.717, 1.165) is 9.13 Å². The third-order valence-electron chi connectivity index (χ3n) is 4.12. The predicted octanol–water partition coefficient (Wildman–Crippen LogP) is 6.53. The van der Waals surface area contributed by atoms with Gasteiger partial charge in [-0.3, -0.25) is 10.1 Å². The second kappa shape index (κ2) is 8.89. The molecule has 9 heteroatoms. The van der Waals surface area contributed by atoms with Crippen LogP contribution in [0.4, 0.5) is 5.69 Å². The van der Waals surface area contributed by atoms with Crippen molar-refractivity contribution >= 4 is 85.8 Å². The van der Waals surface area contributed by atoms with Gasteiger partial charge in [-0.25, -0.2) is 4.98 Å². The number of anilines is 1. The summed E-state index contributed by atoms with van der Waals surface area (Å²) in [5, 5.41) is 6.37. The van der Waals surface area contributed by atoms with Crippen LogP contribution in [0.3, 0.4) is 0 Å². The highest BCUT2D eigenvalue weighted by Crippen LogP contribution is 2.27. The zero-order valence-corrected chi connectivity index (χ0v) is 19.6. The van der Waals surface area contributed by atoms with Gasteiger partial charge in [0.15, 0.2) is 10.7 Å². The summed E-state index contributed by atoms with van der Waals surface area (Å²) in [5.41, 5.74) is 3.11. The standard InChI is InChI=1S/C21H12Cl2IN3O2S/c22-12-4-6-16(23)15(9-12)19(28)27-21(30)25-14-5-7-18-17(10-14)26-20(29-18)11-2-1-3-13(24)8-11/h1-10H,(H2,25,27,28,30). The Kier molecular flexibility index (Phi) is 6.24. The summed E-state index contributed by atoms with van der Waals surface area (Å²) >= 11 is 19.5. The van der Waals surface area contributed by atoms with Gasteiger partial charge >= 0.3 is 0 Å². The number of nitrogens with one attached hydrogen (secondary N) is 2. The Labute approximate surface area is 200 Å². The van der Waals surface area contributed by atoms with Crippen LogP contribution >= 0.6 is 58.0 Å². The number of amides is 1. The zero-order chi connectivity index (χ0) is 21.3. The Bertz CT molecular complexity index is 1290. The minimum absolute atomic E-state index is 0.122. The molecule has 0 fully saturated rings. The third kappa shape index (κ3) is 4.75. The molecule has 1 heterocycles. The molecule has 0 unspecified atom stereocenters. The van der Waals surface area contributed by atoms with Crippen LogP contribution in [-0.4, -0.2) is 16.0 Å². The van der Waals surface area contributed by atoms with Crippen LogP contribution in [-0.2, 0) is 0 Å². The number of aromatic nitrogens is 1. The van der Waals surface area contributed by atoms with E-state index in [0.29, 0.717) is 27.7 Å². The Hall–Kier alpha value is -2.20. The third-order valence-corrected chi connectivity index (χ3v) is 5.56. The summed E-state index contributed by atoms with van der Waals surface area (Å²) in [4.78, 5) is 17.0. The molecule has 4 aromatic rings. The van der Waals surface area contributed by atoms with E-state index in [2.05, 4.69) is 38.2 Å². The summed E-state index contributed by atoms with van der Waals surface area (Å²) in [5.74, 6) is 0.0793. The fourth-order valence-corrected chi connectivity index (χ4v) is 3.88. The topological polar surface area (TPSA) is 67.2 Å². The average Bonchev–Trinajstić information content (AvgIpc) is 3.13. The SMILES string of the molecule is O=C(NC(=S)Nc1ccc2oc(-c3cccc(I)c3)nc2c1)c1cc(Cl)ccc1Cl. The van der Waals surface area contributed by atoms with Crippen LogP contribution < -0.4 is 10.6 Å². The summed E-state index contributed by atoms with van der Waals surface area (Å²) < 4.78 is 6.94. The molecule has 4 rings (SSSR count). The highest BCUT2D eigenvalue weighted by Gasteiger charge is 2.14. The molecule has 150 valence electrons. The first-order valence-electron chi connectivity index (χ1n) is 8.63.